The highest BCUT2D eigenvalue weighted by atomic mass is 32.2. The number of carbonyl (C=O) groups excluding carboxylic acids is 1. The maximum Gasteiger partial charge on any atom is 0.416 e. The molecule has 0 aliphatic carbocycles. The summed E-state index contributed by atoms with van der Waals surface area (Å²) in [7, 11) is -3.99. The van der Waals surface area contributed by atoms with E-state index in [1.54, 1.807) is 24.8 Å². The number of piperazine rings is 1. The van der Waals surface area contributed by atoms with Crippen molar-refractivity contribution >= 4 is 21.7 Å². The number of anilines is 1. The van der Waals surface area contributed by atoms with Gasteiger partial charge in [-0.25, -0.2) is 13.4 Å². The molecule has 0 saturated carbocycles. The summed E-state index contributed by atoms with van der Waals surface area (Å²) in [4.78, 5) is 21.3. The summed E-state index contributed by atoms with van der Waals surface area (Å²) in [5, 5.41) is 0. The quantitative estimate of drug-likeness (QED) is 0.606. The number of benzene rings is 1. The molecule has 1 aromatic carbocycles. The first-order chi connectivity index (χ1) is 15.9. The number of alkyl halides is 3. The van der Waals surface area contributed by atoms with Crippen molar-refractivity contribution < 1.29 is 26.4 Å². The highest BCUT2D eigenvalue weighted by Gasteiger charge is 2.36. The van der Waals surface area contributed by atoms with Crippen molar-refractivity contribution in [3.05, 3.63) is 53.2 Å². The van der Waals surface area contributed by atoms with Crippen LogP contribution in [-0.2, 0) is 16.2 Å². The molecule has 7 nitrogen and oxygen atoms in total. The van der Waals surface area contributed by atoms with E-state index >= 15 is 0 Å². The Labute approximate surface area is 198 Å². The van der Waals surface area contributed by atoms with Crippen molar-refractivity contribution in [2.75, 3.05) is 37.6 Å². The van der Waals surface area contributed by atoms with Crippen LogP contribution in [0, 0.1) is 6.92 Å². The van der Waals surface area contributed by atoms with Gasteiger partial charge in [0.2, 0.25) is 10.0 Å². The van der Waals surface area contributed by atoms with Gasteiger partial charge in [-0.05, 0) is 64.1 Å². The van der Waals surface area contributed by atoms with Crippen molar-refractivity contribution in [1.82, 2.24) is 14.2 Å². The van der Waals surface area contributed by atoms with Gasteiger partial charge in [0, 0.05) is 38.8 Å². The maximum absolute atomic E-state index is 13.2. The van der Waals surface area contributed by atoms with Crippen LogP contribution >= 0.6 is 0 Å². The largest absolute Gasteiger partial charge is 0.416 e. The molecule has 0 N–H and O–H groups in total. The topological polar surface area (TPSA) is 73.8 Å². The van der Waals surface area contributed by atoms with E-state index in [2.05, 4.69) is 9.88 Å². The normalized spacial score (nSPS) is 17.6. The van der Waals surface area contributed by atoms with Crippen molar-refractivity contribution in [2.45, 2.75) is 44.8 Å². The molecule has 0 radical (unpaired) electrons. The predicted molar refractivity (Wildman–Crippen MR) is 123 cm³/mol. The van der Waals surface area contributed by atoms with Gasteiger partial charge in [0.1, 0.15) is 5.82 Å². The molecule has 1 fully saturated rings. The number of aryl methyl sites for hydroxylation is 1. The Balaban J connectivity index is 1.74. The van der Waals surface area contributed by atoms with E-state index in [0.29, 0.717) is 11.3 Å². The minimum absolute atomic E-state index is 0.0408. The number of sulfonamides is 1. The zero-order chi connectivity index (χ0) is 25.3. The number of aromatic nitrogens is 1. The minimum Gasteiger partial charge on any atom is -0.357 e. The van der Waals surface area contributed by atoms with E-state index in [9.17, 15) is 26.4 Å². The molecule has 1 atom stereocenters. The molecule has 0 spiro atoms. The Morgan fingerprint density at radius 2 is 1.71 bits per heavy atom. The number of hydrogen-bond acceptors (Lipinski definition) is 5. The molecule has 34 heavy (non-hydrogen) atoms. The van der Waals surface area contributed by atoms with Gasteiger partial charge in [-0.1, -0.05) is 0 Å². The molecule has 1 aromatic heterocycles. The van der Waals surface area contributed by atoms with E-state index in [1.165, 1.54) is 4.31 Å². The van der Waals surface area contributed by atoms with Crippen molar-refractivity contribution in [3.8, 4) is 0 Å². The lowest BCUT2D eigenvalue weighted by atomic mass is 10.1. The molecule has 2 heterocycles. The number of pyridine rings is 1. The summed E-state index contributed by atoms with van der Waals surface area (Å²) in [5.41, 5.74) is 0.148. The summed E-state index contributed by atoms with van der Waals surface area (Å²) >= 11 is 0. The summed E-state index contributed by atoms with van der Waals surface area (Å²) in [6, 6.07) is 6.58. The third-order valence-electron chi connectivity index (χ3n) is 6.06. The van der Waals surface area contributed by atoms with Gasteiger partial charge in [0.15, 0.2) is 0 Å². The molecule has 0 bridgehead atoms. The molecule has 1 aliphatic heterocycles. The van der Waals surface area contributed by atoms with Crippen LogP contribution < -0.4 is 4.90 Å². The number of halogens is 3. The Morgan fingerprint density at radius 1 is 1.09 bits per heavy atom. The SMILES string of the molecule is CCN(CC)c1ccc(C(=O)N2CCN(S(=O)(=O)c3ccc(C(F)(F)F)cc3)C[C@@H]2C)c(C)n1. The van der Waals surface area contributed by atoms with Crippen LogP contribution in [0.1, 0.15) is 42.4 Å². The number of nitrogens with zero attached hydrogens (tertiary/aromatic N) is 4. The van der Waals surface area contributed by atoms with Crippen LogP contribution in [0.4, 0.5) is 19.0 Å². The number of rotatable bonds is 6. The molecule has 3 rings (SSSR count). The molecule has 1 amide bonds. The molecular weight excluding hydrogens is 469 g/mol. The maximum atomic E-state index is 13.2. The van der Waals surface area contributed by atoms with Crippen LogP contribution in [0.2, 0.25) is 0 Å². The van der Waals surface area contributed by atoms with Crippen LogP contribution in [0.25, 0.3) is 0 Å². The second-order valence-corrected chi connectivity index (χ2v) is 10.1. The number of hydrogen-bond donors (Lipinski definition) is 0. The standard InChI is InChI=1S/C23H29F3N4O3S/c1-5-28(6-2)21-12-11-20(17(4)27-21)22(31)30-14-13-29(15-16(30)3)34(32,33)19-9-7-18(8-10-19)23(24,25)26/h7-12,16H,5-6,13-15H2,1-4H3/t16-/m0/s1. The Morgan fingerprint density at radius 3 is 2.21 bits per heavy atom. The average molecular weight is 499 g/mol. The summed E-state index contributed by atoms with van der Waals surface area (Å²) < 4.78 is 65.6. The highest BCUT2D eigenvalue weighted by Crippen LogP contribution is 2.30. The van der Waals surface area contributed by atoms with Crippen molar-refractivity contribution in [2.24, 2.45) is 0 Å². The lowest BCUT2D eigenvalue weighted by molar-refractivity contribution is -0.137. The molecule has 0 unspecified atom stereocenters. The van der Waals surface area contributed by atoms with Gasteiger partial charge in [0.25, 0.3) is 5.91 Å². The van der Waals surface area contributed by atoms with E-state index in [1.807, 2.05) is 19.9 Å². The third-order valence-corrected chi connectivity index (χ3v) is 7.94. The van der Waals surface area contributed by atoms with Crippen LogP contribution in [-0.4, -0.2) is 67.3 Å². The molecular formula is C23H29F3N4O3S. The Hall–Kier alpha value is -2.66. The van der Waals surface area contributed by atoms with E-state index in [0.717, 1.165) is 43.2 Å². The van der Waals surface area contributed by atoms with Gasteiger partial charge in [-0.3, -0.25) is 4.79 Å². The van der Waals surface area contributed by atoms with Crippen molar-refractivity contribution in [1.29, 1.82) is 0 Å². The number of carbonyl (C=O) groups is 1. The van der Waals surface area contributed by atoms with Crippen LogP contribution in [0.15, 0.2) is 41.3 Å². The van der Waals surface area contributed by atoms with E-state index in [4.69, 9.17) is 0 Å². The first-order valence-corrected chi connectivity index (χ1v) is 12.5. The van der Waals surface area contributed by atoms with Crippen LogP contribution in [0.3, 0.4) is 0 Å². The molecule has 11 heteroatoms. The average Bonchev–Trinajstić information content (AvgIpc) is 2.79. The summed E-state index contributed by atoms with van der Waals surface area (Å²) in [5.74, 6) is 0.565. The summed E-state index contributed by atoms with van der Waals surface area (Å²) in [6.45, 7) is 9.42. The monoisotopic (exact) mass is 498 g/mol. The Kier molecular flexibility index (Phi) is 7.56. The molecule has 1 saturated heterocycles. The molecule has 186 valence electrons. The molecule has 1 aliphatic rings. The van der Waals surface area contributed by atoms with E-state index < -0.39 is 27.8 Å². The van der Waals surface area contributed by atoms with Crippen molar-refractivity contribution in [3.63, 3.8) is 0 Å². The third kappa shape index (κ3) is 5.20. The summed E-state index contributed by atoms with van der Waals surface area (Å²) in [6.07, 6.45) is -4.54. The second-order valence-electron chi connectivity index (χ2n) is 8.21. The predicted octanol–water partition coefficient (Wildman–Crippen LogP) is 3.79. The fourth-order valence-electron chi connectivity index (χ4n) is 4.06. The zero-order valence-corrected chi connectivity index (χ0v) is 20.4. The Bertz CT molecular complexity index is 1130. The van der Waals surface area contributed by atoms with Gasteiger partial charge in [0.05, 0.1) is 21.7 Å². The fraction of sp³-hybridized carbons (Fsp3) is 0.478. The van der Waals surface area contributed by atoms with E-state index in [-0.39, 0.29) is 30.4 Å². The smallest absolute Gasteiger partial charge is 0.357 e. The fourth-order valence-corrected chi connectivity index (χ4v) is 5.57. The minimum atomic E-state index is -4.54. The molecule has 2 aromatic rings. The first kappa shape index (κ1) is 26.0. The van der Waals surface area contributed by atoms with Crippen LogP contribution in [0.5, 0.6) is 0 Å². The van der Waals surface area contributed by atoms with Gasteiger partial charge >= 0.3 is 6.18 Å². The zero-order valence-electron chi connectivity index (χ0n) is 19.6. The lowest BCUT2D eigenvalue weighted by Crippen LogP contribution is -2.55. The first-order valence-electron chi connectivity index (χ1n) is 11.1. The van der Waals surface area contributed by atoms with Gasteiger partial charge in [-0.2, -0.15) is 17.5 Å². The number of amides is 1. The van der Waals surface area contributed by atoms with Gasteiger partial charge in [-0.15, -0.1) is 0 Å². The van der Waals surface area contributed by atoms with Gasteiger partial charge < -0.3 is 9.80 Å². The highest BCUT2D eigenvalue weighted by molar-refractivity contribution is 7.89. The lowest BCUT2D eigenvalue weighted by Gasteiger charge is -2.39. The second kappa shape index (κ2) is 9.91.